The van der Waals surface area contributed by atoms with Crippen LogP contribution in [0.25, 0.3) is 11.3 Å². The summed E-state index contributed by atoms with van der Waals surface area (Å²) in [6.45, 7) is 6.71. The van der Waals surface area contributed by atoms with E-state index in [1.807, 2.05) is 48.5 Å². The van der Waals surface area contributed by atoms with Crippen LogP contribution in [0.4, 0.5) is 17.2 Å². The second kappa shape index (κ2) is 18.6. The van der Waals surface area contributed by atoms with E-state index in [4.69, 9.17) is 20.5 Å². The number of anilines is 3. The van der Waals surface area contributed by atoms with Gasteiger partial charge in [0, 0.05) is 46.5 Å². The SMILES string of the molecule is CCOP(=O)(CC)CS(=O)c1ccc(NC(=O)c2nc(-c3ccc(CCCOP(CC)CSc4ccc(N)cc4)cc3)cnc2N)cc1. The summed E-state index contributed by atoms with van der Waals surface area (Å²) in [6, 6.07) is 22.5. The molecule has 3 atom stereocenters. The Balaban J connectivity index is 1.28. The highest BCUT2D eigenvalue weighted by Crippen LogP contribution is 2.47. The second-order valence-electron chi connectivity index (χ2n) is 10.8. The predicted octanol–water partition coefficient (Wildman–Crippen LogP) is 8.08. The zero-order chi connectivity index (χ0) is 34.5. The van der Waals surface area contributed by atoms with Gasteiger partial charge in [0.25, 0.3) is 5.91 Å². The van der Waals surface area contributed by atoms with E-state index in [1.165, 1.54) is 10.5 Å². The molecule has 4 rings (SSSR count). The van der Waals surface area contributed by atoms with Crippen LogP contribution >= 0.6 is 27.3 Å². The fourth-order valence-electron chi connectivity index (χ4n) is 4.54. The standard InChI is InChI=1S/C34H43N5O5P2S2/c1-4-44-46(41,6-3)24-48(42)30-19-15-28(16-20-30)38-34(40)32-33(36)37-22-31(39-32)26-11-9-25(10-12-26)8-7-21-43-45(5-2)23-47-29-17-13-27(35)14-18-29/h9-20,22H,4-8,21,23-24,35H2,1-3H3,(H2,36,37)(H,38,40). The molecule has 0 aliphatic carbocycles. The number of nitrogens with one attached hydrogen (secondary N) is 1. The third kappa shape index (κ3) is 11.2. The highest BCUT2D eigenvalue weighted by Gasteiger charge is 2.24. The molecule has 5 N–H and O–H groups in total. The molecular weight excluding hydrogens is 684 g/mol. The van der Waals surface area contributed by atoms with Crippen molar-refractivity contribution < 1.29 is 22.6 Å². The molecule has 14 heteroatoms. The Bertz CT molecular complexity index is 1710. The van der Waals surface area contributed by atoms with Gasteiger partial charge in [-0.3, -0.25) is 13.6 Å². The number of benzene rings is 3. The Kier molecular flexibility index (Phi) is 14.6. The molecule has 1 aromatic heterocycles. The van der Waals surface area contributed by atoms with Crippen LogP contribution in [0.5, 0.6) is 0 Å². The fourth-order valence-corrected chi connectivity index (χ4v) is 11.8. The first kappa shape index (κ1) is 37.7. The monoisotopic (exact) mass is 727 g/mol. The van der Waals surface area contributed by atoms with Crippen molar-refractivity contribution in [3.05, 3.63) is 90.3 Å². The van der Waals surface area contributed by atoms with Gasteiger partial charge in [0.2, 0.25) is 7.37 Å². The van der Waals surface area contributed by atoms with Crippen LogP contribution in [0.2, 0.25) is 0 Å². The van der Waals surface area contributed by atoms with Crippen LogP contribution in [-0.4, -0.2) is 56.6 Å². The van der Waals surface area contributed by atoms with Gasteiger partial charge in [-0.05, 0) is 80.0 Å². The summed E-state index contributed by atoms with van der Waals surface area (Å²) < 4.78 is 37.1. The summed E-state index contributed by atoms with van der Waals surface area (Å²) >= 11 is 1.81. The van der Waals surface area contributed by atoms with Crippen LogP contribution in [0, 0.1) is 0 Å². The topological polar surface area (TPSA) is 160 Å². The highest BCUT2D eigenvalue weighted by molar-refractivity contribution is 8.04. The number of carbonyl (C=O) groups is 1. The number of nitrogens with zero attached hydrogens (tertiary/aromatic N) is 2. The lowest BCUT2D eigenvalue weighted by Crippen LogP contribution is -2.17. The zero-order valence-electron chi connectivity index (χ0n) is 27.5. The van der Waals surface area contributed by atoms with E-state index in [-0.39, 0.29) is 17.0 Å². The summed E-state index contributed by atoms with van der Waals surface area (Å²) in [6.07, 6.45) is 4.68. The largest absolute Gasteiger partial charge is 0.399 e. The van der Waals surface area contributed by atoms with Crippen LogP contribution in [0.3, 0.4) is 0 Å². The molecule has 0 aliphatic heterocycles. The van der Waals surface area contributed by atoms with E-state index >= 15 is 0 Å². The summed E-state index contributed by atoms with van der Waals surface area (Å²) in [5.41, 5.74) is 16.5. The molecule has 4 aromatic rings. The van der Waals surface area contributed by atoms with Crippen LogP contribution in [0.15, 0.2) is 88.8 Å². The Morgan fingerprint density at radius 2 is 1.71 bits per heavy atom. The number of hydrogen-bond donors (Lipinski definition) is 3. The van der Waals surface area contributed by atoms with E-state index in [9.17, 15) is 13.6 Å². The van der Waals surface area contributed by atoms with Crippen molar-refractivity contribution in [1.82, 2.24) is 9.97 Å². The number of amides is 1. The first-order valence-electron chi connectivity index (χ1n) is 15.7. The van der Waals surface area contributed by atoms with E-state index in [2.05, 4.69) is 22.2 Å². The highest BCUT2D eigenvalue weighted by atomic mass is 32.2. The molecule has 0 bridgehead atoms. The number of hydrogen-bond acceptors (Lipinski definition) is 10. The van der Waals surface area contributed by atoms with Crippen LogP contribution in [-0.2, 0) is 30.8 Å². The van der Waals surface area contributed by atoms with Gasteiger partial charge in [-0.25, -0.2) is 9.97 Å². The lowest BCUT2D eigenvalue weighted by molar-refractivity contribution is 0.102. The van der Waals surface area contributed by atoms with Gasteiger partial charge in [-0.15, -0.1) is 11.8 Å². The number of aromatic nitrogens is 2. The fraction of sp³-hybridized carbons (Fsp3) is 0.324. The van der Waals surface area contributed by atoms with Crippen molar-refractivity contribution in [1.29, 1.82) is 0 Å². The van der Waals surface area contributed by atoms with E-state index in [0.717, 1.165) is 35.7 Å². The van der Waals surface area contributed by atoms with Crippen LogP contribution in [0.1, 0.15) is 43.2 Å². The van der Waals surface area contributed by atoms with Gasteiger partial charge in [-0.1, -0.05) is 38.1 Å². The minimum atomic E-state index is -2.96. The molecule has 0 spiro atoms. The Labute approximate surface area is 290 Å². The van der Waals surface area contributed by atoms with Crippen molar-refractivity contribution in [3.8, 4) is 11.3 Å². The lowest BCUT2D eigenvalue weighted by Gasteiger charge is -2.16. The molecule has 0 aliphatic rings. The minimum absolute atomic E-state index is 0.00366. The molecule has 0 saturated carbocycles. The number of carbonyl (C=O) groups excluding carboxylic acids is 1. The first-order valence-corrected chi connectivity index (χ1v) is 21.7. The summed E-state index contributed by atoms with van der Waals surface area (Å²) in [5.74, 6) is -0.506. The second-order valence-corrected chi connectivity index (χ2v) is 19.1. The molecule has 10 nitrogen and oxygen atoms in total. The smallest absolute Gasteiger partial charge is 0.278 e. The van der Waals surface area contributed by atoms with Crippen molar-refractivity contribution in [2.45, 2.75) is 43.4 Å². The first-order chi connectivity index (χ1) is 23.1. The molecule has 1 heterocycles. The molecule has 1 amide bonds. The molecule has 0 saturated heterocycles. The summed E-state index contributed by atoms with van der Waals surface area (Å²) in [5, 5.41) is 2.78. The maximum atomic E-state index is 13.1. The quantitative estimate of drug-likeness (QED) is 0.0396. The van der Waals surface area contributed by atoms with Crippen molar-refractivity contribution >= 4 is 61.2 Å². The molecule has 3 unspecified atom stereocenters. The van der Waals surface area contributed by atoms with Gasteiger partial charge in [0.1, 0.15) is 5.49 Å². The molecule has 0 radical (unpaired) electrons. The number of nitrogens with two attached hydrogens (primary N) is 2. The molecule has 256 valence electrons. The number of nitrogen functional groups attached to an aromatic ring is 2. The predicted molar refractivity (Wildman–Crippen MR) is 201 cm³/mol. The van der Waals surface area contributed by atoms with Crippen LogP contribution < -0.4 is 16.8 Å². The lowest BCUT2D eigenvalue weighted by atomic mass is 10.1. The maximum Gasteiger partial charge on any atom is 0.278 e. The molecule has 48 heavy (non-hydrogen) atoms. The van der Waals surface area contributed by atoms with E-state index < -0.39 is 32.2 Å². The van der Waals surface area contributed by atoms with Gasteiger partial charge in [-0.2, -0.15) is 0 Å². The Morgan fingerprint density at radius 3 is 2.35 bits per heavy atom. The van der Waals surface area contributed by atoms with Gasteiger partial charge in [0.05, 0.1) is 35.9 Å². The summed E-state index contributed by atoms with van der Waals surface area (Å²) in [7, 11) is -4.97. The Hall–Kier alpha value is -3.11. The average molecular weight is 728 g/mol. The number of aryl methyl sites for hydroxylation is 1. The minimum Gasteiger partial charge on any atom is -0.399 e. The van der Waals surface area contributed by atoms with Gasteiger partial charge >= 0.3 is 0 Å². The summed E-state index contributed by atoms with van der Waals surface area (Å²) in [4.78, 5) is 23.5. The van der Waals surface area contributed by atoms with Crippen molar-refractivity contribution in [2.24, 2.45) is 0 Å². The normalized spacial score (nSPS) is 13.8. The van der Waals surface area contributed by atoms with Crippen molar-refractivity contribution in [2.75, 3.05) is 53.3 Å². The number of rotatable bonds is 18. The van der Waals surface area contributed by atoms with Gasteiger partial charge in [0.15, 0.2) is 11.5 Å². The van der Waals surface area contributed by atoms with E-state index in [0.29, 0.717) is 35.7 Å². The molecule has 3 aromatic carbocycles. The average Bonchev–Trinajstić information content (AvgIpc) is 3.09. The number of thioether (sulfide) groups is 1. The maximum absolute atomic E-state index is 13.1. The molecular formula is C34H43N5O5P2S2. The zero-order valence-corrected chi connectivity index (χ0v) is 30.9. The van der Waals surface area contributed by atoms with Crippen molar-refractivity contribution in [3.63, 3.8) is 0 Å². The van der Waals surface area contributed by atoms with Gasteiger partial charge < -0.3 is 25.8 Å². The third-order valence-electron chi connectivity index (χ3n) is 7.29. The third-order valence-corrected chi connectivity index (χ3v) is 15.8. The Morgan fingerprint density at radius 1 is 1.00 bits per heavy atom. The molecule has 0 fully saturated rings. The van der Waals surface area contributed by atoms with E-state index in [1.54, 1.807) is 56.1 Å².